The number of nitrogen functional groups attached to an aromatic ring is 1. The maximum Gasteiger partial charge on any atom is 0.303 e. The molecule has 7 nitrogen and oxygen atoms in total. The van der Waals surface area contributed by atoms with E-state index in [1.54, 1.807) is 20.2 Å². The molecule has 0 amide bonds. The Bertz CT molecular complexity index is 925. The van der Waals surface area contributed by atoms with Crippen molar-refractivity contribution < 1.29 is 15.0 Å². The number of carbonyl (C=O) groups is 1. The number of aryl methyl sites for hydroxylation is 1. The molecule has 0 radical (unpaired) electrons. The summed E-state index contributed by atoms with van der Waals surface area (Å²) >= 11 is 0. The molecule has 0 unspecified atom stereocenters. The molecule has 1 aromatic carbocycles. The highest BCUT2D eigenvalue weighted by atomic mass is 16.4. The number of anilines is 1. The number of carboxylic acid groups (broad SMARTS) is 1. The molecular weight excluding hydrogens is 308 g/mol. The summed E-state index contributed by atoms with van der Waals surface area (Å²) in [6.07, 6.45) is 2.16. The van der Waals surface area contributed by atoms with E-state index in [4.69, 9.17) is 10.8 Å². The van der Waals surface area contributed by atoms with E-state index < -0.39 is 11.6 Å². The molecule has 0 fully saturated rings. The molecule has 0 aliphatic heterocycles. The molecule has 0 spiro atoms. The molecule has 126 valence electrons. The number of aliphatic hydroxyl groups is 1. The van der Waals surface area contributed by atoms with Gasteiger partial charge in [0, 0.05) is 11.8 Å². The first-order valence-corrected chi connectivity index (χ1v) is 7.72. The Morgan fingerprint density at radius 2 is 2.12 bits per heavy atom. The van der Waals surface area contributed by atoms with E-state index in [1.807, 2.05) is 22.8 Å². The third-order valence-corrected chi connectivity index (χ3v) is 3.82. The van der Waals surface area contributed by atoms with Crippen LogP contribution < -0.4 is 5.73 Å². The first-order chi connectivity index (χ1) is 11.2. The minimum absolute atomic E-state index is 0.0693. The molecule has 3 aromatic rings. The summed E-state index contributed by atoms with van der Waals surface area (Å²) < 4.78 is 1.87. The van der Waals surface area contributed by atoms with Gasteiger partial charge in [-0.2, -0.15) is 0 Å². The number of nitrogens with two attached hydrogens (primary N) is 1. The van der Waals surface area contributed by atoms with Crippen LogP contribution in [0.5, 0.6) is 0 Å². The second kappa shape index (κ2) is 5.76. The summed E-state index contributed by atoms with van der Waals surface area (Å²) in [6.45, 7) is 3.84. The van der Waals surface area contributed by atoms with Crippen molar-refractivity contribution in [1.82, 2.24) is 14.5 Å². The Balaban J connectivity index is 2.14. The van der Waals surface area contributed by atoms with E-state index >= 15 is 0 Å². The summed E-state index contributed by atoms with van der Waals surface area (Å²) in [5.74, 6) is -0.511. The van der Waals surface area contributed by atoms with Gasteiger partial charge in [0.15, 0.2) is 5.82 Å². The lowest BCUT2D eigenvalue weighted by molar-refractivity contribution is -0.136. The number of hydrogen-bond donors (Lipinski definition) is 3. The molecule has 0 aliphatic rings. The summed E-state index contributed by atoms with van der Waals surface area (Å²) in [5, 5.41) is 19.8. The maximum absolute atomic E-state index is 10.7. The van der Waals surface area contributed by atoms with Crippen molar-refractivity contribution in [3.05, 3.63) is 30.1 Å². The topological polar surface area (TPSA) is 114 Å². The molecule has 2 heterocycles. The predicted octanol–water partition coefficient (Wildman–Crippen LogP) is 1.95. The Morgan fingerprint density at radius 3 is 2.79 bits per heavy atom. The number of fused-ring (bicyclic) bond motifs is 3. The van der Waals surface area contributed by atoms with Crippen LogP contribution in [0.4, 0.5) is 5.82 Å². The zero-order chi connectivity index (χ0) is 17.5. The van der Waals surface area contributed by atoms with Crippen LogP contribution in [0.2, 0.25) is 0 Å². The highest BCUT2D eigenvalue weighted by Gasteiger charge is 2.18. The number of aliphatic carboxylic acids is 1. The van der Waals surface area contributed by atoms with E-state index in [0.717, 1.165) is 16.5 Å². The summed E-state index contributed by atoms with van der Waals surface area (Å²) in [6, 6.07) is 5.66. The van der Waals surface area contributed by atoms with Gasteiger partial charge in [-0.25, -0.2) is 9.97 Å². The highest BCUT2D eigenvalue weighted by Crippen LogP contribution is 2.29. The number of carboxylic acids is 1. The number of benzene rings is 1. The summed E-state index contributed by atoms with van der Waals surface area (Å²) in [7, 11) is 0. The van der Waals surface area contributed by atoms with Crippen LogP contribution in [-0.4, -0.2) is 36.3 Å². The van der Waals surface area contributed by atoms with E-state index in [9.17, 15) is 9.90 Å². The van der Waals surface area contributed by atoms with Gasteiger partial charge in [0.25, 0.3) is 0 Å². The van der Waals surface area contributed by atoms with Crippen LogP contribution in [0.1, 0.15) is 25.8 Å². The molecule has 2 aromatic heterocycles. The Labute approximate surface area is 138 Å². The Hall–Kier alpha value is -2.67. The Morgan fingerprint density at radius 1 is 1.38 bits per heavy atom. The minimum Gasteiger partial charge on any atom is -0.481 e. The van der Waals surface area contributed by atoms with E-state index in [0.29, 0.717) is 29.8 Å². The van der Waals surface area contributed by atoms with Crippen molar-refractivity contribution in [3.8, 4) is 0 Å². The molecule has 0 aliphatic carbocycles. The maximum atomic E-state index is 10.7. The van der Waals surface area contributed by atoms with Crippen molar-refractivity contribution in [2.75, 3.05) is 5.73 Å². The molecular formula is C17H20N4O3. The smallest absolute Gasteiger partial charge is 0.303 e. The standard InChI is InChI=1S/C17H20N4O3/c1-17(2,24)8-21-9-19-14-15(21)11-5-3-10(4-6-13(22)23)7-12(11)20-16(14)18/h3,5,7,9,24H,4,6,8H2,1-2H3,(H2,18,20)(H,22,23). The van der Waals surface area contributed by atoms with E-state index in [1.165, 1.54) is 0 Å². The number of aromatic nitrogens is 3. The quantitative estimate of drug-likeness (QED) is 0.659. The molecule has 0 bridgehead atoms. The van der Waals surface area contributed by atoms with Crippen molar-refractivity contribution in [1.29, 1.82) is 0 Å². The zero-order valence-corrected chi connectivity index (χ0v) is 13.7. The second-order valence-corrected chi connectivity index (χ2v) is 6.62. The number of nitrogens with zero attached hydrogens (tertiary/aromatic N) is 3. The van der Waals surface area contributed by atoms with Gasteiger partial charge >= 0.3 is 5.97 Å². The fourth-order valence-electron chi connectivity index (χ4n) is 2.85. The van der Waals surface area contributed by atoms with Gasteiger partial charge in [0.2, 0.25) is 0 Å². The highest BCUT2D eigenvalue weighted by molar-refractivity contribution is 6.06. The van der Waals surface area contributed by atoms with Crippen LogP contribution in [-0.2, 0) is 17.8 Å². The first-order valence-electron chi connectivity index (χ1n) is 7.72. The van der Waals surface area contributed by atoms with E-state index in [-0.39, 0.29) is 6.42 Å². The first kappa shape index (κ1) is 16.2. The third-order valence-electron chi connectivity index (χ3n) is 3.82. The van der Waals surface area contributed by atoms with Crippen LogP contribution in [0.15, 0.2) is 24.5 Å². The molecule has 24 heavy (non-hydrogen) atoms. The normalized spacial score (nSPS) is 12.1. The van der Waals surface area contributed by atoms with Crippen molar-refractivity contribution in [2.24, 2.45) is 0 Å². The van der Waals surface area contributed by atoms with Crippen LogP contribution in [0.25, 0.3) is 21.9 Å². The minimum atomic E-state index is -0.889. The lowest BCUT2D eigenvalue weighted by Gasteiger charge is -2.18. The van der Waals surface area contributed by atoms with Crippen LogP contribution in [0.3, 0.4) is 0 Å². The monoisotopic (exact) mass is 328 g/mol. The molecule has 0 saturated carbocycles. The predicted molar refractivity (Wildman–Crippen MR) is 91.7 cm³/mol. The lowest BCUT2D eigenvalue weighted by atomic mass is 10.1. The lowest BCUT2D eigenvalue weighted by Crippen LogP contribution is -2.25. The fraction of sp³-hybridized carbons (Fsp3) is 0.353. The summed E-state index contributed by atoms with van der Waals surface area (Å²) in [4.78, 5) is 19.5. The van der Waals surface area contributed by atoms with Gasteiger partial charge in [-0.1, -0.05) is 12.1 Å². The number of hydrogen-bond acceptors (Lipinski definition) is 5. The average Bonchev–Trinajstić information content (AvgIpc) is 2.87. The molecule has 0 atom stereocenters. The van der Waals surface area contributed by atoms with E-state index in [2.05, 4.69) is 9.97 Å². The summed E-state index contributed by atoms with van der Waals surface area (Å²) in [5.41, 5.74) is 8.15. The van der Waals surface area contributed by atoms with Gasteiger partial charge in [0.1, 0.15) is 5.52 Å². The molecule has 4 N–H and O–H groups in total. The third kappa shape index (κ3) is 3.16. The van der Waals surface area contributed by atoms with Gasteiger partial charge in [0.05, 0.1) is 29.5 Å². The van der Waals surface area contributed by atoms with Crippen molar-refractivity contribution in [2.45, 2.75) is 38.8 Å². The molecule has 0 saturated heterocycles. The van der Waals surface area contributed by atoms with Crippen LogP contribution in [0, 0.1) is 0 Å². The van der Waals surface area contributed by atoms with Crippen LogP contribution >= 0.6 is 0 Å². The largest absolute Gasteiger partial charge is 0.481 e. The number of rotatable bonds is 5. The van der Waals surface area contributed by atoms with Gasteiger partial charge in [-0.05, 0) is 31.9 Å². The van der Waals surface area contributed by atoms with Crippen molar-refractivity contribution in [3.63, 3.8) is 0 Å². The Kier molecular flexibility index (Phi) is 3.88. The molecule has 3 rings (SSSR count). The zero-order valence-electron chi connectivity index (χ0n) is 13.7. The SMILES string of the molecule is CC(C)(O)Cn1cnc2c(N)nc3cc(CCC(=O)O)ccc3c21. The number of imidazole rings is 1. The average molecular weight is 328 g/mol. The van der Waals surface area contributed by atoms with Crippen molar-refractivity contribution >= 4 is 33.7 Å². The van der Waals surface area contributed by atoms with Gasteiger partial charge in [-0.3, -0.25) is 4.79 Å². The van der Waals surface area contributed by atoms with Gasteiger partial charge < -0.3 is 20.5 Å². The van der Waals surface area contributed by atoms with Gasteiger partial charge in [-0.15, -0.1) is 0 Å². The fourth-order valence-corrected chi connectivity index (χ4v) is 2.85. The molecule has 7 heteroatoms. The second-order valence-electron chi connectivity index (χ2n) is 6.62. The number of pyridine rings is 1.